The molecule has 1 atom stereocenters. The fraction of sp³-hybridized carbons (Fsp3) is 0.611. The smallest absolute Gasteiger partial charge is 0.243 e. The molecule has 1 unspecified atom stereocenters. The van der Waals surface area contributed by atoms with Gasteiger partial charge in [0, 0.05) is 37.7 Å². The standard InChI is InChI=1S/C18H29N3O5S/c1-13(19)4-7-18(22)20-14-8-10-21(11-9-14)27(23,24)15-5-6-16(25-2)17(12-15)26-3/h5-6,12-14H,4,7-11,19H2,1-3H3,(H,20,22). The van der Waals surface area contributed by atoms with Gasteiger partial charge < -0.3 is 20.5 Å². The van der Waals surface area contributed by atoms with Gasteiger partial charge in [-0.15, -0.1) is 0 Å². The van der Waals surface area contributed by atoms with E-state index in [1.165, 1.54) is 30.7 Å². The average molecular weight is 400 g/mol. The summed E-state index contributed by atoms with van der Waals surface area (Å²) in [4.78, 5) is 12.1. The summed E-state index contributed by atoms with van der Waals surface area (Å²) in [6, 6.07) is 4.54. The van der Waals surface area contributed by atoms with E-state index in [9.17, 15) is 13.2 Å². The van der Waals surface area contributed by atoms with Crippen molar-refractivity contribution in [3.05, 3.63) is 18.2 Å². The van der Waals surface area contributed by atoms with Crippen molar-refractivity contribution in [2.45, 2.75) is 49.6 Å². The van der Waals surface area contributed by atoms with Crippen LogP contribution in [-0.2, 0) is 14.8 Å². The molecule has 1 aromatic rings. The molecule has 1 saturated heterocycles. The first-order valence-electron chi connectivity index (χ1n) is 9.05. The normalized spacial score (nSPS) is 17.3. The van der Waals surface area contributed by atoms with Gasteiger partial charge in [-0.1, -0.05) is 0 Å². The summed E-state index contributed by atoms with van der Waals surface area (Å²) in [5.74, 6) is 0.813. The molecular weight excluding hydrogens is 370 g/mol. The number of amides is 1. The lowest BCUT2D eigenvalue weighted by Crippen LogP contribution is -2.46. The van der Waals surface area contributed by atoms with Crippen LogP contribution in [0.3, 0.4) is 0 Å². The molecule has 2 rings (SSSR count). The topological polar surface area (TPSA) is 111 Å². The SMILES string of the molecule is COc1ccc(S(=O)(=O)N2CCC(NC(=O)CCC(C)N)CC2)cc1OC. The highest BCUT2D eigenvalue weighted by atomic mass is 32.2. The van der Waals surface area contributed by atoms with Crippen molar-refractivity contribution in [3.8, 4) is 11.5 Å². The summed E-state index contributed by atoms with van der Waals surface area (Å²) < 4.78 is 37.6. The van der Waals surface area contributed by atoms with E-state index in [1.54, 1.807) is 6.07 Å². The molecule has 1 aromatic carbocycles. The third-order valence-corrected chi connectivity index (χ3v) is 6.53. The zero-order valence-electron chi connectivity index (χ0n) is 16.1. The van der Waals surface area contributed by atoms with Crippen LogP contribution in [-0.4, -0.2) is 58.0 Å². The molecule has 152 valence electrons. The van der Waals surface area contributed by atoms with Gasteiger partial charge in [0.25, 0.3) is 0 Å². The second-order valence-corrected chi connectivity index (χ2v) is 8.72. The van der Waals surface area contributed by atoms with Crippen LogP contribution in [0.5, 0.6) is 11.5 Å². The molecule has 0 bridgehead atoms. The Morgan fingerprint density at radius 3 is 2.44 bits per heavy atom. The molecule has 0 radical (unpaired) electrons. The minimum atomic E-state index is -3.62. The number of nitrogens with two attached hydrogens (primary N) is 1. The molecule has 3 N–H and O–H groups in total. The van der Waals surface area contributed by atoms with Crippen LogP contribution in [0.2, 0.25) is 0 Å². The van der Waals surface area contributed by atoms with E-state index in [0.717, 1.165) is 0 Å². The number of hydrogen-bond acceptors (Lipinski definition) is 6. The molecule has 1 aliphatic rings. The van der Waals surface area contributed by atoms with Crippen molar-refractivity contribution in [2.24, 2.45) is 5.73 Å². The van der Waals surface area contributed by atoms with Crippen molar-refractivity contribution >= 4 is 15.9 Å². The molecular formula is C18H29N3O5S. The number of sulfonamides is 1. The van der Waals surface area contributed by atoms with Gasteiger partial charge in [0.1, 0.15) is 0 Å². The first-order valence-corrected chi connectivity index (χ1v) is 10.5. The number of piperidine rings is 1. The molecule has 9 heteroatoms. The summed E-state index contributed by atoms with van der Waals surface area (Å²) in [7, 11) is -0.659. The molecule has 0 aliphatic carbocycles. The zero-order valence-corrected chi connectivity index (χ0v) is 16.9. The maximum atomic E-state index is 12.9. The van der Waals surface area contributed by atoms with Gasteiger partial charge in [0.2, 0.25) is 15.9 Å². The highest BCUT2D eigenvalue weighted by molar-refractivity contribution is 7.89. The third kappa shape index (κ3) is 5.57. The lowest BCUT2D eigenvalue weighted by Gasteiger charge is -2.31. The van der Waals surface area contributed by atoms with Crippen molar-refractivity contribution in [2.75, 3.05) is 27.3 Å². The Bertz CT molecular complexity index is 743. The molecule has 1 amide bonds. The van der Waals surface area contributed by atoms with E-state index < -0.39 is 10.0 Å². The number of carbonyl (C=O) groups excluding carboxylic acids is 1. The molecule has 1 aliphatic heterocycles. The van der Waals surface area contributed by atoms with E-state index >= 15 is 0 Å². The molecule has 0 saturated carbocycles. The van der Waals surface area contributed by atoms with Gasteiger partial charge in [-0.2, -0.15) is 4.31 Å². The fourth-order valence-electron chi connectivity index (χ4n) is 3.03. The largest absolute Gasteiger partial charge is 0.493 e. The summed E-state index contributed by atoms with van der Waals surface area (Å²) in [6.07, 6.45) is 2.19. The number of benzene rings is 1. The number of carbonyl (C=O) groups is 1. The Hall–Kier alpha value is -1.84. The highest BCUT2D eigenvalue weighted by Gasteiger charge is 2.30. The summed E-state index contributed by atoms with van der Waals surface area (Å²) in [5, 5.41) is 2.97. The Labute approximate surface area is 161 Å². The van der Waals surface area contributed by atoms with Gasteiger partial charge in [-0.3, -0.25) is 4.79 Å². The van der Waals surface area contributed by atoms with Crippen molar-refractivity contribution in [3.63, 3.8) is 0 Å². The predicted octanol–water partition coefficient (Wildman–Crippen LogP) is 1.10. The second-order valence-electron chi connectivity index (χ2n) is 6.78. The molecule has 1 fully saturated rings. The first-order chi connectivity index (χ1) is 12.8. The number of nitrogens with one attached hydrogen (secondary N) is 1. The monoisotopic (exact) mass is 399 g/mol. The summed E-state index contributed by atoms with van der Waals surface area (Å²) in [5.41, 5.74) is 5.66. The van der Waals surface area contributed by atoms with Gasteiger partial charge in [-0.25, -0.2) is 8.42 Å². The maximum absolute atomic E-state index is 12.9. The number of methoxy groups -OCH3 is 2. The van der Waals surface area contributed by atoms with E-state index in [4.69, 9.17) is 15.2 Å². The van der Waals surface area contributed by atoms with Crippen LogP contribution in [0, 0.1) is 0 Å². The molecule has 8 nitrogen and oxygen atoms in total. The van der Waals surface area contributed by atoms with Crippen molar-refractivity contribution < 1.29 is 22.7 Å². The minimum absolute atomic E-state index is 0.00997. The number of nitrogens with zero attached hydrogens (tertiary/aromatic N) is 1. The molecule has 27 heavy (non-hydrogen) atoms. The van der Waals surface area contributed by atoms with E-state index in [1.807, 2.05) is 6.92 Å². The van der Waals surface area contributed by atoms with Crippen LogP contribution < -0.4 is 20.5 Å². The molecule has 1 heterocycles. The summed E-state index contributed by atoms with van der Waals surface area (Å²) in [6.45, 7) is 2.58. The second kappa shape index (κ2) is 9.38. The predicted molar refractivity (Wildman–Crippen MR) is 102 cm³/mol. The lowest BCUT2D eigenvalue weighted by molar-refractivity contribution is -0.122. The van der Waals surface area contributed by atoms with E-state index in [-0.39, 0.29) is 22.9 Å². The minimum Gasteiger partial charge on any atom is -0.493 e. The Morgan fingerprint density at radius 2 is 1.89 bits per heavy atom. The lowest BCUT2D eigenvalue weighted by atomic mass is 10.1. The number of hydrogen-bond donors (Lipinski definition) is 2. The van der Waals surface area contributed by atoms with Gasteiger partial charge in [-0.05, 0) is 38.3 Å². The Balaban J connectivity index is 1.97. The van der Waals surface area contributed by atoms with Crippen LogP contribution in [0.25, 0.3) is 0 Å². The Kier molecular flexibility index (Phi) is 7.46. The molecule has 0 aromatic heterocycles. The fourth-order valence-corrected chi connectivity index (χ4v) is 4.51. The van der Waals surface area contributed by atoms with Gasteiger partial charge in [0.05, 0.1) is 19.1 Å². The van der Waals surface area contributed by atoms with E-state index in [2.05, 4.69) is 5.32 Å². The van der Waals surface area contributed by atoms with Crippen LogP contribution in [0.4, 0.5) is 0 Å². The Morgan fingerprint density at radius 1 is 1.26 bits per heavy atom. The zero-order chi connectivity index (χ0) is 20.0. The quantitative estimate of drug-likeness (QED) is 0.677. The average Bonchev–Trinajstić information content (AvgIpc) is 2.66. The molecule has 0 spiro atoms. The number of ether oxygens (including phenoxy) is 2. The van der Waals surface area contributed by atoms with Crippen molar-refractivity contribution in [1.82, 2.24) is 9.62 Å². The van der Waals surface area contributed by atoms with Gasteiger partial charge >= 0.3 is 0 Å². The number of rotatable bonds is 8. The van der Waals surface area contributed by atoms with Gasteiger partial charge in [0.15, 0.2) is 11.5 Å². The summed E-state index contributed by atoms with van der Waals surface area (Å²) >= 11 is 0. The maximum Gasteiger partial charge on any atom is 0.243 e. The van der Waals surface area contributed by atoms with Crippen LogP contribution in [0.15, 0.2) is 23.1 Å². The highest BCUT2D eigenvalue weighted by Crippen LogP contribution is 2.31. The van der Waals surface area contributed by atoms with E-state index in [0.29, 0.717) is 50.3 Å². The van der Waals surface area contributed by atoms with Crippen LogP contribution in [0.1, 0.15) is 32.6 Å². The first kappa shape index (κ1) is 21.5. The third-order valence-electron chi connectivity index (χ3n) is 4.64. The van der Waals surface area contributed by atoms with Crippen molar-refractivity contribution in [1.29, 1.82) is 0 Å². The van der Waals surface area contributed by atoms with Crippen LogP contribution >= 0.6 is 0 Å².